The third-order valence-corrected chi connectivity index (χ3v) is 9.08. The number of aromatic nitrogens is 1. The molecular weight excluding hydrogens is 587 g/mol. The zero-order valence-electron chi connectivity index (χ0n) is 23.4. The van der Waals surface area contributed by atoms with E-state index in [1.165, 1.54) is 48.2 Å². The molecule has 8 aromatic rings. The summed E-state index contributed by atoms with van der Waals surface area (Å²) in [6, 6.07) is 58.9. The average molecular weight is 616 g/mol. The molecule has 0 aliphatic carbocycles. The van der Waals surface area contributed by atoms with E-state index in [1.807, 2.05) is 0 Å². The van der Waals surface area contributed by atoms with Crippen LogP contribution >= 0.6 is 0 Å². The van der Waals surface area contributed by atoms with Crippen molar-refractivity contribution >= 4 is 70.1 Å². The minimum atomic E-state index is 1.11. The van der Waals surface area contributed by atoms with Gasteiger partial charge in [-0.15, -0.1) is 0 Å². The Kier molecular flexibility index (Phi) is 6.34. The van der Waals surface area contributed by atoms with Crippen molar-refractivity contribution in [3.8, 4) is 16.8 Å². The van der Waals surface area contributed by atoms with Crippen LogP contribution < -0.4 is 9.36 Å². The molecule has 43 heavy (non-hydrogen) atoms. The first-order valence-electron chi connectivity index (χ1n) is 14.5. The molecule has 7 aromatic carbocycles. The molecule has 0 spiro atoms. The minimum absolute atomic E-state index is 1.11. The molecule has 0 aliphatic heterocycles. The summed E-state index contributed by atoms with van der Waals surface area (Å²) in [5, 5.41) is 4.93. The second-order valence-corrected chi connectivity index (χ2v) is 11.8. The van der Waals surface area contributed by atoms with Crippen LogP contribution in [-0.2, 0) is 0 Å². The first-order valence-corrected chi connectivity index (χ1v) is 15.4. The average Bonchev–Trinajstić information content (AvgIpc) is 3.40. The van der Waals surface area contributed by atoms with Crippen molar-refractivity contribution in [2.75, 3.05) is 4.90 Å². The fraction of sp³-hybridized carbons (Fsp3) is 0. The van der Waals surface area contributed by atoms with Crippen molar-refractivity contribution in [2.24, 2.45) is 0 Å². The maximum absolute atomic E-state index is 2.74. The van der Waals surface area contributed by atoms with Crippen molar-refractivity contribution < 1.29 is 0 Å². The van der Waals surface area contributed by atoms with E-state index in [2.05, 4.69) is 189 Å². The molecule has 1 heterocycles. The van der Waals surface area contributed by atoms with Gasteiger partial charge in [-0.3, -0.25) is 0 Å². The Labute approximate surface area is 259 Å². The van der Waals surface area contributed by atoms with Gasteiger partial charge >= 0.3 is 254 Å². The summed E-state index contributed by atoms with van der Waals surface area (Å²) in [5.74, 6) is 0. The molecule has 0 unspecified atom stereocenters. The monoisotopic (exact) mass is 616 g/mol. The van der Waals surface area contributed by atoms with Crippen LogP contribution in [0, 0.1) is 0 Å². The van der Waals surface area contributed by atoms with Crippen LogP contribution in [0.4, 0.5) is 17.1 Å². The third-order valence-electron chi connectivity index (χ3n) is 8.26. The van der Waals surface area contributed by atoms with Crippen LogP contribution in [0.2, 0.25) is 0 Å². The molecule has 0 radical (unpaired) electrons. The van der Waals surface area contributed by atoms with Crippen LogP contribution in [0.15, 0.2) is 164 Å². The summed E-state index contributed by atoms with van der Waals surface area (Å²) in [6.45, 7) is 0. The van der Waals surface area contributed by atoms with E-state index in [-0.39, 0.29) is 0 Å². The fourth-order valence-electron chi connectivity index (χ4n) is 6.30. The van der Waals surface area contributed by atoms with Crippen molar-refractivity contribution in [1.29, 1.82) is 0 Å². The predicted molar refractivity (Wildman–Crippen MR) is 185 cm³/mol. The number of para-hydroxylation sites is 2. The first-order chi connectivity index (χ1) is 21.3. The van der Waals surface area contributed by atoms with Gasteiger partial charge in [0.15, 0.2) is 0 Å². The number of fused-ring (bicyclic) bond motifs is 4. The molecule has 3 heteroatoms. The first kappa shape index (κ1) is 25.6. The SMILES string of the molecule is [SeH]c1ccc(N(c2ccc3c4ccccc4n(-c4ccccc4)c3c2)c2cccc3ccccc23)cc1-c1ccccc1. The van der Waals surface area contributed by atoms with Gasteiger partial charge in [-0.05, 0) is 0 Å². The molecule has 1 aromatic heterocycles. The van der Waals surface area contributed by atoms with E-state index < -0.39 is 0 Å². The molecule has 0 saturated carbocycles. The number of rotatable bonds is 5. The quantitative estimate of drug-likeness (QED) is 0.175. The Bertz CT molecular complexity index is 2250. The number of nitrogens with zero attached hydrogens (tertiary/aromatic N) is 2. The predicted octanol–water partition coefficient (Wildman–Crippen LogP) is 9.60. The van der Waals surface area contributed by atoms with Crippen molar-refractivity contribution in [2.45, 2.75) is 0 Å². The van der Waals surface area contributed by atoms with Gasteiger partial charge in [0.25, 0.3) is 0 Å². The number of benzene rings is 7. The Morgan fingerprint density at radius 3 is 1.93 bits per heavy atom. The number of anilines is 3. The molecule has 8 rings (SSSR count). The van der Waals surface area contributed by atoms with E-state index in [0.717, 1.165) is 22.7 Å². The Morgan fingerprint density at radius 1 is 0.465 bits per heavy atom. The third kappa shape index (κ3) is 4.42. The van der Waals surface area contributed by atoms with E-state index in [4.69, 9.17) is 0 Å². The molecule has 0 bridgehead atoms. The zero-order chi connectivity index (χ0) is 28.8. The molecular formula is C40H28N2Se. The fourth-order valence-corrected chi connectivity index (χ4v) is 6.86. The molecule has 0 fully saturated rings. The molecule has 0 aliphatic rings. The molecule has 0 saturated heterocycles. The van der Waals surface area contributed by atoms with E-state index in [9.17, 15) is 0 Å². The summed E-state index contributed by atoms with van der Waals surface area (Å²) in [4.78, 5) is 2.41. The van der Waals surface area contributed by atoms with Gasteiger partial charge in [0.1, 0.15) is 0 Å². The van der Waals surface area contributed by atoms with Gasteiger partial charge in [0, 0.05) is 0 Å². The summed E-state index contributed by atoms with van der Waals surface area (Å²) in [7, 11) is 0. The van der Waals surface area contributed by atoms with Crippen molar-refractivity contribution in [3.05, 3.63) is 164 Å². The second-order valence-electron chi connectivity index (χ2n) is 10.8. The molecule has 204 valence electrons. The normalized spacial score (nSPS) is 11.4. The number of hydrogen-bond acceptors (Lipinski definition) is 1. The summed E-state index contributed by atoms with van der Waals surface area (Å²) < 4.78 is 3.58. The Morgan fingerprint density at radius 2 is 1.09 bits per heavy atom. The number of hydrogen-bond donors (Lipinski definition) is 0. The van der Waals surface area contributed by atoms with Crippen LogP contribution in [0.25, 0.3) is 49.4 Å². The van der Waals surface area contributed by atoms with E-state index >= 15 is 0 Å². The van der Waals surface area contributed by atoms with Crippen LogP contribution in [-0.4, -0.2) is 20.6 Å². The Balaban J connectivity index is 1.42. The molecule has 2 nitrogen and oxygen atoms in total. The van der Waals surface area contributed by atoms with Crippen LogP contribution in [0.1, 0.15) is 0 Å². The van der Waals surface area contributed by atoms with Crippen molar-refractivity contribution in [3.63, 3.8) is 0 Å². The van der Waals surface area contributed by atoms with Gasteiger partial charge in [-0.1, -0.05) is 6.07 Å². The summed E-state index contributed by atoms with van der Waals surface area (Å²) >= 11 is 2.74. The van der Waals surface area contributed by atoms with Crippen LogP contribution in [0.5, 0.6) is 0 Å². The van der Waals surface area contributed by atoms with Gasteiger partial charge in [-0.2, -0.15) is 0 Å². The van der Waals surface area contributed by atoms with E-state index in [0.29, 0.717) is 0 Å². The Hall–Kier alpha value is -5.08. The molecule has 0 amide bonds. The van der Waals surface area contributed by atoms with Crippen LogP contribution in [0.3, 0.4) is 0 Å². The van der Waals surface area contributed by atoms with Gasteiger partial charge in [0.05, 0.1) is 0 Å². The standard InChI is InChI=1S/C40H28N2Se/c43-40-25-23-31(26-36(40)29-12-3-1-4-13-29)41(37-21-11-15-28-14-7-8-18-33(28)37)32-22-24-35-34-19-9-10-20-38(34)42(39(35)27-32)30-16-5-2-6-17-30/h1-27,43H. The maximum atomic E-state index is 2.74. The van der Waals surface area contributed by atoms with Gasteiger partial charge in [-0.25, -0.2) is 0 Å². The van der Waals surface area contributed by atoms with E-state index in [1.54, 1.807) is 0 Å². The van der Waals surface area contributed by atoms with Crippen molar-refractivity contribution in [1.82, 2.24) is 4.57 Å². The molecule has 0 N–H and O–H groups in total. The summed E-state index contributed by atoms with van der Waals surface area (Å²) in [6.07, 6.45) is 0. The van der Waals surface area contributed by atoms with Gasteiger partial charge < -0.3 is 0 Å². The summed E-state index contributed by atoms with van der Waals surface area (Å²) in [5.41, 5.74) is 9.34. The van der Waals surface area contributed by atoms with Gasteiger partial charge in [0.2, 0.25) is 0 Å². The topological polar surface area (TPSA) is 8.17 Å². The molecule has 0 atom stereocenters. The second kappa shape index (κ2) is 10.6. The zero-order valence-corrected chi connectivity index (χ0v) is 25.3.